The maximum Gasteiger partial charge on any atom is 0.269 e. The van der Waals surface area contributed by atoms with E-state index in [1.54, 1.807) is 7.11 Å². The number of amides is 1. The predicted octanol–water partition coefficient (Wildman–Crippen LogP) is 2.93. The molecule has 0 saturated carbocycles. The lowest BCUT2D eigenvalue weighted by molar-refractivity contribution is -0.384. The first-order valence-corrected chi connectivity index (χ1v) is 9.97. The zero-order valence-corrected chi connectivity index (χ0v) is 17.6. The third-order valence-corrected chi connectivity index (χ3v) is 5.58. The number of nitrogens with one attached hydrogen (secondary N) is 1. The molecule has 1 amide bonds. The van der Waals surface area contributed by atoms with Gasteiger partial charge >= 0.3 is 0 Å². The van der Waals surface area contributed by atoms with Crippen LogP contribution in [-0.4, -0.2) is 61.1 Å². The van der Waals surface area contributed by atoms with Gasteiger partial charge in [-0.15, -0.1) is 0 Å². The zero-order valence-electron chi connectivity index (χ0n) is 17.6. The molecule has 0 bridgehead atoms. The maximum atomic E-state index is 12.4. The van der Waals surface area contributed by atoms with E-state index in [4.69, 9.17) is 4.74 Å². The topological polar surface area (TPSA) is 88.0 Å². The minimum atomic E-state index is -0.477. The lowest BCUT2D eigenvalue weighted by atomic mass is 10.0. The first-order valence-electron chi connectivity index (χ1n) is 9.97. The number of nitro groups is 1. The molecule has 8 heteroatoms. The Balaban J connectivity index is 1.55. The number of para-hydroxylation sites is 2. The molecule has 30 heavy (non-hydrogen) atoms. The van der Waals surface area contributed by atoms with Crippen molar-refractivity contribution in [2.24, 2.45) is 0 Å². The Morgan fingerprint density at radius 1 is 1.10 bits per heavy atom. The summed E-state index contributed by atoms with van der Waals surface area (Å²) >= 11 is 0. The van der Waals surface area contributed by atoms with Gasteiger partial charge in [0.05, 0.1) is 17.7 Å². The van der Waals surface area contributed by atoms with Gasteiger partial charge in [-0.2, -0.15) is 0 Å². The summed E-state index contributed by atoms with van der Waals surface area (Å²) in [6.45, 7) is 8.21. The first-order chi connectivity index (χ1) is 14.3. The Bertz CT molecular complexity index is 890. The normalized spacial score (nSPS) is 15.0. The van der Waals surface area contributed by atoms with Crippen LogP contribution in [0.1, 0.15) is 24.2 Å². The van der Waals surface area contributed by atoms with Crippen molar-refractivity contribution >= 4 is 17.3 Å². The number of carbonyl (C=O) groups excluding carboxylic acids is 1. The van der Waals surface area contributed by atoms with Crippen LogP contribution < -0.4 is 15.0 Å². The van der Waals surface area contributed by atoms with Gasteiger partial charge in [0.25, 0.3) is 11.6 Å². The highest BCUT2D eigenvalue weighted by Crippen LogP contribution is 2.29. The van der Waals surface area contributed by atoms with Crippen LogP contribution in [0.3, 0.4) is 0 Å². The third-order valence-electron chi connectivity index (χ3n) is 5.58. The molecule has 8 nitrogen and oxygen atoms in total. The van der Waals surface area contributed by atoms with Gasteiger partial charge in [-0.05, 0) is 38.1 Å². The van der Waals surface area contributed by atoms with Crippen molar-refractivity contribution in [2.75, 3.05) is 44.7 Å². The fraction of sp³-hybridized carbons (Fsp3) is 0.409. The Hall–Kier alpha value is -3.13. The molecule has 160 valence electrons. The van der Waals surface area contributed by atoms with Crippen LogP contribution in [0.4, 0.5) is 11.4 Å². The molecule has 0 radical (unpaired) electrons. The van der Waals surface area contributed by atoms with Crippen LogP contribution in [0.15, 0.2) is 48.5 Å². The van der Waals surface area contributed by atoms with E-state index in [0.29, 0.717) is 12.1 Å². The molecule has 1 heterocycles. The number of non-ortho nitro benzene ring substituents is 1. The largest absolute Gasteiger partial charge is 0.495 e. The van der Waals surface area contributed by atoms with E-state index in [9.17, 15) is 14.9 Å². The quantitative estimate of drug-likeness (QED) is 0.556. The summed E-state index contributed by atoms with van der Waals surface area (Å²) < 4.78 is 5.48. The van der Waals surface area contributed by atoms with Gasteiger partial charge in [-0.1, -0.05) is 12.1 Å². The number of rotatable bonds is 7. The fourth-order valence-electron chi connectivity index (χ4n) is 3.69. The second kappa shape index (κ2) is 9.13. The highest BCUT2D eigenvalue weighted by atomic mass is 16.6. The predicted molar refractivity (Wildman–Crippen MR) is 116 cm³/mol. The summed E-state index contributed by atoms with van der Waals surface area (Å²) in [5.74, 6) is 0.645. The SMILES string of the molecule is COc1ccccc1N1CCN(C(C)(C)CNC(=O)c2ccc([N+](=O)[O-])cc2)CC1. The van der Waals surface area contributed by atoms with Crippen LogP contribution in [0, 0.1) is 10.1 Å². The van der Waals surface area contributed by atoms with Gasteiger partial charge < -0.3 is 15.0 Å². The van der Waals surface area contributed by atoms with Crippen molar-refractivity contribution < 1.29 is 14.5 Å². The van der Waals surface area contributed by atoms with E-state index in [1.807, 2.05) is 18.2 Å². The molecule has 0 atom stereocenters. The van der Waals surface area contributed by atoms with E-state index >= 15 is 0 Å². The molecule has 3 rings (SSSR count). The van der Waals surface area contributed by atoms with Gasteiger partial charge in [-0.3, -0.25) is 19.8 Å². The Morgan fingerprint density at radius 2 is 1.73 bits per heavy atom. The molecular formula is C22H28N4O4. The standard InChI is InChI=1S/C22H28N4O4/c1-22(2,16-23-21(27)17-8-10-18(11-9-17)26(28)29)25-14-12-24(13-15-25)19-6-4-5-7-20(19)30-3/h4-11H,12-16H2,1-3H3,(H,23,27). The number of nitrogens with zero attached hydrogens (tertiary/aromatic N) is 3. The van der Waals surface area contributed by atoms with E-state index in [1.165, 1.54) is 24.3 Å². The molecule has 1 aliphatic rings. The zero-order chi connectivity index (χ0) is 21.7. The Kier molecular flexibility index (Phi) is 6.56. The van der Waals surface area contributed by atoms with Crippen molar-refractivity contribution in [3.05, 3.63) is 64.2 Å². The van der Waals surface area contributed by atoms with Crippen LogP contribution in [0.25, 0.3) is 0 Å². The first kappa shape index (κ1) is 21.6. The summed E-state index contributed by atoms with van der Waals surface area (Å²) in [6.07, 6.45) is 0. The number of piperazine rings is 1. The van der Waals surface area contributed by atoms with Crippen molar-refractivity contribution in [1.29, 1.82) is 0 Å². The number of methoxy groups -OCH3 is 1. The van der Waals surface area contributed by atoms with Crippen molar-refractivity contribution in [2.45, 2.75) is 19.4 Å². The second-order valence-corrected chi connectivity index (χ2v) is 7.95. The van der Waals surface area contributed by atoms with Crippen LogP contribution in [0.5, 0.6) is 5.75 Å². The summed E-state index contributed by atoms with van der Waals surface area (Å²) in [6, 6.07) is 13.7. The minimum absolute atomic E-state index is 0.0280. The Morgan fingerprint density at radius 3 is 2.33 bits per heavy atom. The van der Waals surface area contributed by atoms with Crippen molar-refractivity contribution in [1.82, 2.24) is 10.2 Å². The molecule has 2 aromatic carbocycles. The number of hydrogen-bond acceptors (Lipinski definition) is 6. The van der Waals surface area contributed by atoms with Gasteiger partial charge in [0.1, 0.15) is 5.75 Å². The minimum Gasteiger partial charge on any atom is -0.495 e. The van der Waals surface area contributed by atoms with Crippen LogP contribution in [-0.2, 0) is 0 Å². The summed E-state index contributed by atoms with van der Waals surface area (Å²) in [5, 5.41) is 13.7. The lowest BCUT2D eigenvalue weighted by Crippen LogP contribution is -2.58. The van der Waals surface area contributed by atoms with Crippen molar-refractivity contribution in [3.63, 3.8) is 0 Å². The van der Waals surface area contributed by atoms with Gasteiger partial charge in [0, 0.05) is 56.0 Å². The summed E-state index contributed by atoms with van der Waals surface area (Å²) in [7, 11) is 1.69. The second-order valence-electron chi connectivity index (χ2n) is 7.95. The lowest BCUT2D eigenvalue weighted by Gasteiger charge is -2.45. The van der Waals surface area contributed by atoms with E-state index < -0.39 is 4.92 Å². The molecule has 0 unspecified atom stereocenters. The number of benzene rings is 2. The molecule has 1 aliphatic heterocycles. The number of nitro benzene ring substituents is 1. The van der Waals surface area contributed by atoms with Gasteiger partial charge in [0.2, 0.25) is 0 Å². The number of hydrogen-bond donors (Lipinski definition) is 1. The van der Waals surface area contributed by atoms with Crippen molar-refractivity contribution in [3.8, 4) is 5.75 Å². The van der Waals surface area contributed by atoms with E-state index in [2.05, 4.69) is 35.0 Å². The molecule has 1 saturated heterocycles. The molecule has 1 N–H and O–H groups in total. The average molecular weight is 412 g/mol. The number of ether oxygens (including phenoxy) is 1. The smallest absolute Gasteiger partial charge is 0.269 e. The van der Waals surface area contributed by atoms with E-state index in [-0.39, 0.29) is 17.1 Å². The number of carbonyl (C=O) groups is 1. The van der Waals surface area contributed by atoms with E-state index in [0.717, 1.165) is 37.6 Å². The summed E-state index contributed by atoms with van der Waals surface area (Å²) in [5.41, 5.74) is 1.27. The third kappa shape index (κ3) is 4.88. The van der Waals surface area contributed by atoms with Crippen LogP contribution >= 0.6 is 0 Å². The molecule has 0 aliphatic carbocycles. The molecule has 2 aromatic rings. The summed E-state index contributed by atoms with van der Waals surface area (Å²) in [4.78, 5) is 27.4. The molecular weight excluding hydrogens is 384 g/mol. The molecule has 0 aromatic heterocycles. The highest BCUT2D eigenvalue weighted by molar-refractivity contribution is 5.94. The number of anilines is 1. The molecule has 1 fully saturated rings. The highest BCUT2D eigenvalue weighted by Gasteiger charge is 2.31. The molecule has 0 spiro atoms. The average Bonchev–Trinajstić information content (AvgIpc) is 2.77. The fourth-order valence-corrected chi connectivity index (χ4v) is 3.69. The maximum absolute atomic E-state index is 12.4. The van der Waals surface area contributed by atoms with Crippen LogP contribution in [0.2, 0.25) is 0 Å². The Labute approximate surface area is 176 Å². The van der Waals surface area contributed by atoms with Gasteiger partial charge in [0.15, 0.2) is 0 Å². The van der Waals surface area contributed by atoms with Gasteiger partial charge in [-0.25, -0.2) is 0 Å². The monoisotopic (exact) mass is 412 g/mol.